The highest BCUT2D eigenvalue weighted by molar-refractivity contribution is 7.80. The Labute approximate surface area is 158 Å². The summed E-state index contributed by atoms with van der Waals surface area (Å²) in [4.78, 5) is 4.25. The van der Waals surface area contributed by atoms with Gasteiger partial charge in [-0.05, 0) is 41.5 Å². The number of benzene rings is 2. The first kappa shape index (κ1) is 19.1. The highest BCUT2D eigenvalue weighted by Crippen LogP contribution is 2.38. The smallest absolute Gasteiger partial charge is 0.358 e. The maximum atomic E-state index is 12.8. The normalized spacial score (nSPS) is 19.2. The number of halogens is 3. The van der Waals surface area contributed by atoms with Crippen molar-refractivity contribution in [3.63, 3.8) is 0 Å². The molecule has 3 N–H and O–H groups in total. The van der Waals surface area contributed by atoms with Gasteiger partial charge in [-0.15, -0.1) is 0 Å². The Morgan fingerprint density at radius 2 is 1.93 bits per heavy atom. The van der Waals surface area contributed by atoms with E-state index in [0.29, 0.717) is 17.2 Å². The minimum atomic E-state index is -4.92. The maximum absolute atomic E-state index is 12.8. The molecule has 1 heterocycles. The van der Waals surface area contributed by atoms with E-state index in [2.05, 4.69) is 20.6 Å². The van der Waals surface area contributed by atoms with Crippen molar-refractivity contribution in [1.29, 1.82) is 0 Å². The van der Waals surface area contributed by atoms with Crippen LogP contribution in [0.3, 0.4) is 0 Å². The molecule has 2 aromatic rings. The van der Waals surface area contributed by atoms with Crippen molar-refractivity contribution >= 4 is 28.7 Å². The molecule has 3 rings (SSSR count). The summed E-state index contributed by atoms with van der Waals surface area (Å²) in [5, 5.41) is 19.4. The lowest BCUT2D eigenvalue weighted by Gasteiger charge is -2.22. The summed E-state index contributed by atoms with van der Waals surface area (Å²) in [6, 6.07) is 16.1. The summed E-state index contributed by atoms with van der Waals surface area (Å²) < 4.78 is 38.5. The van der Waals surface area contributed by atoms with Crippen LogP contribution in [-0.4, -0.2) is 27.9 Å². The lowest BCUT2D eigenvalue weighted by Crippen LogP contribution is -2.45. The Morgan fingerprint density at radius 1 is 1.19 bits per heavy atom. The van der Waals surface area contributed by atoms with Crippen LogP contribution in [0.4, 0.5) is 18.9 Å². The number of hydrogen-bond donors (Lipinski definition) is 3. The molecule has 0 fully saturated rings. The van der Waals surface area contributed by atoms with Gasteiger partial charge in [0.25, 0.3) is 0 Å². The van der Waals surface area contributed by atoms with Gasteiger partial charge in [0, 0.05) is 12.2 Å². The molecule has 9 heteroatoms. The van der Waals surface area contributed by atoms with Crippen molar-refractivity contribution < 1.29 is 23.1 Å². The fraction of sp³-hybridized carbons (Fsp3) is 0.222. The first-order valence-corrected chi connectivity index (χ1v) is 8.41. The molecule has 2 aromatic carbocycles. The highest BCUT2D eigenvalue weighted by atomic mass is 32.1. The number of para-hydroxylation sites is 1. The number of thiocarbonyl (C=S) groups is 1. The topological polar surface area (TPSA) is 65.9 Å². The summed E-state index contributed by atoms with van der Waals surface area (Å²) in [5.41, 5.74) is 2.10. The number of aliphatic hydroxyl groups is 1. The SMILES string of the molecule is OC1(C(F)(F)F)CC(c2cccc(CNC(=S)Nc3ccccc3)c2)=NO1. The quantitative estimate of drug-likeness (QED) is 0.691. The molecular weight excluding hydrogens is 379 g/mol. The average Bonchev–Trinajstić information content (AvgIpc) is 3.05. The van der Waals surface area contributed by atoms with Crippen LogP contribution < -0.4 is 10.6 Å². The predicted molar refractivity (Wildman–Crippen MR) is 99.2 cm³/mol. The standard InChI is InChI=1S/C18H16F3N3O2S/c19-18(20,21)17(25)10-15(24-26-17)13-6-4-5-12(9-13)11-22-16(27)23-14-7-2-1-3-8-14/h1-9,25H,10-11H2,(H2,22,23,27). The molecule has 0 aliphatic carbocycles. The predicted octanol–water partition coefficient (Wildman–Crippen LogP) is 3.55. The van der Waals surface area contributed by atoms with Gasteiger partial charge in [-0.25, -0.2) is 0 Å². The van der Waals surface area contributed by atoms with Crippen LogP contribution >= 0.6 is 12.2 Å². The fourth-order valence-electron chi connectivity index (χ4n) is 2.47. The van der Waals surface area contributed by atoms with E-state index in [1.807, 2.05) is 30.3 Å². The van der Waals surface area contributed by atoms with E-state index in [1.165, 1.54) is 0 Å². The molecule has 0 bridgehead atoms. The first-order chi connectivity index (χ1) is 12.8. The fourth-order valence-corrected chi connectivity index (χ4v) is 2.66. The van der Waals surface area contributed by atoms with E-state index in [-0.39, 0.29) is 5.71 Å². The van der Waals surface area contributed by atoms with Crippen molar-refractivity contribution in [1.82, 2.24) is 5.32 Å². The largest absolute Gasteiger partial charge is 0.458 e. The Morgan fingerprint density at radius 3 is 2.59 bits per heavy atom. The molecule has 0 radical (unpaired) electrons. The lowest BCUT2D eigenvalue weighted by atomic mass is 10.0. The van der Waals surface area contributed by atoms with Crippen molar-refractivity contribution in [2.24, 2.45) is 5.16 Å². The maximum Gasteiger partial charge on any atom is 0.458 e. The Kier molecular flexibility index (Phi) is 5.33. The summed E-state index contributed by atoms with van der Waals surface area (Å²) in [6.07, 6.45) is -5.69. The van der Waals surface area contributed by atoms with Crippen LogP contribution in [0, 0.1) is 0 Å². The van der Waals surface area contributed by atoms with Gasteiger partial charge in [0.2, 0.25) is 0 Å². The number of nitrogens with one attached hydrogen (secondary N) is 2. The van der Waals surface area contributed by atoms with Crippen LogP contribution in [0.2, 0.25) is 0 Å². The van der Waals surface area contributed by atoms with E-state index >= 15 is 0 Å². The van der Waals surface area contributed by atoms with Gasteiger partial charge in [-0.3, -0.25) is 0 Å². The second kappa shape index (κ2) is 7.53. The molecular formula is C18H16F3N3O2S. The van der Waals surface area contributed by atoms with Crippen molar-refractivity contribution in [2.75, 3.05) is 5.32 Å². The highest BCUT2D eigenvalue weighted by Gasteiger charge is 2.60. The van der Waals surface area contributed by atoms with E-state index in [1.54, 1.807) is 24.3 Å². The van der Waals surface area contributed by atoms with Crippen LogP contribution in [0.1, 0.15) is 17.5 Å². The number of rotatable bonds is 4. The second-order valence-corrected chi connectivity index (χ2v) is 6.37. The van der Waals surface area contributed by atoms with Gasteiger partial charge in [-0.2, -0.15) is 13.2 Å². The molecule has 5 nitrogen and oxygen atoms in total. The molecule has 27 heavy (non-hydrogen) atoms. The summed E-state index contributed by atoms with van der Waals surface area (Å²) in [7, 11) is 0. The molecule has 0 amide bonds. The zero-order valence-electron chi connectivity index (χ0n) is 14.0. The number of nitrogens with zero attached hydrogens (tertiary/aromatic N) is 1. The minimum Gasteiger partial charge on any atom is -0.358 e. The monoisotopic (exact) mass is 395 g/mol. The Balaban J connectivity index is 1.61. The van der Waals surface area contributed by atoms with Gasteiger partial charge in [0.1, 0.15) is 0 Å². The third-order valence-electron chi connectivity index (χ3n) is 3.90. The zero-order valence-corrected chi connectivity index (χ0v) is 14.8. The van der Waals surface area contributed by atoms with Gasteiger partial charge < -0.3 is 20.6 Å². The number of anilines is 1. The second-order valence-electron chi connectivity index (χ2n) is 5.96. The Hall–Kier alpha value is -2.65. The number of hydrogen-bond acceptors (Lipinski definition) is 4. The van der Waals surface area contributed by atoms with Gasteiger partial charge in [-0.1, -0.05) is 41.6 Å². The molecule has 0 spiro atoms. The van der Waals surface area contributed by atoms with E-state index < -0.39 is 18.4 Å². The summed E-state index contributed by atoms with van der Waals surface area (Å²) in [6.45, 7) is 0.365. The molecule has 1 atom stereocenters. The molecule has 0 saturated heterocycles. The zero-order chi connectivity index (χ0) is 19.5. The van der Waals surface area contributed by atoms with Crippen LogP contribution in [0.25, 0.3) is 0 Å². The number of alkyl halides is 3. The third kappa shape index (κ3) is 4.55. The summed E-state index contributed by atoms with van der Waals surface area (Å²) >= 11 is 5.22. The first-order valence-electron chi connectivity index (χ1n) is 8.00. The minimum absolute atomic E-state index is 0.0293. The number of oxime groups is 1. The van der Waals surface area contributed by atoms with Crippen LogP contribution in [0.15, 0.2) is 59.8 Å². The van der Waals surface area contributed by atoms with E-state index in [4.69, 9.17) is 12.2 Å². The molecule has 1 aliphatic rings. The summed E-state index contributed by atoms with van der Waals surface area (Å²) in [5.74, 6) is -3.28. The van der Waals surface area contributed by atoms with Gasteiger partial charge in [0.05, 0.1) is 12.1 Å². The van der Waals surface area contributed by atoms with E-state index in [0.717, 1.165) is 11.3 Å². The van der Waals surface area contributed by atoms with Crippen molar-refractivity contribution in [2.45, 2.75) is 24.9 Å². The molecule has 1 unspecified atom stereocenters. The lowest BCUT2D eigenvalue weighted by molar-refractivity contribution is -0.355. The van der Waals surface area contributed by atoms with Crippen LogP contribution in [0.5, 0.6) is 0 Å². The van der Waals surface area contributed by atoms with Crippen LogP contribution in [-0.2, 0) is 11.4 Å². The van der Waals surface area contributed by atoms with Crippen molar-refractivity contribution in [3.8, 4) is 0 Å². The van der Waals surface area contributed by atoms with Crippen molar-refractivity contribution in [3.05, 3.63) is 65.7 Å². The molecule has 1 aliphatic heterocycles. The van der Waals surface area contributed by atoms with E-state index in [9.17, 15) is 18.3 Å². The average molecular weight is 395 g/mol. The van der Waals surface area contributed by atoms with Gasteiger partial charge in [0.15, 0.2) is 5.11 Å². The van der Waals surface area contributed by atoms with Gasteiger partial charge >= 0.3 is 12.0 Å². The molecule has 0 saturated carbocycles. The molecule has 0 aromatic heterocycles. The Bertz CT molecular complexity index is 858. The third-order valence-corrected chi connectivity index (χ3v) is 4.15. The molecule has 142 valence electrons.